The molecule has 23 heavy (non-hydrogen) atoms. The van der Waals surface area contributed by atoms with Gasteiger partial charge in [-0.15, -0.1) is 0 Å². The van der Waals surface area contributed by atoms with Crippen LogP contribution >= 0.6 is 0 Å². The van der Waals surface area contributed by atoms with E-state index < -0.39 is 5.60 Å². The molecule has 1 aliphatic rings. The molecule has 1 rings (SSSR count). The summed E-state index contributed by atoms with van der Waals surface area (Å²) in [6, 6.07) is 0.767. The Morgan fingerprint density at radius 1 is 1.09 bits per heavy atom. The van der Waals surface area contributed by atoms with Crippen molar-refractivity contribution in [2.75, 3.05) is 40.4 Å². The molecule has 6 nitrogen and oxygen atoms in total. The summed E-state index contributed by atoms with van der Waals surface area (Å²) >= 11 is 0. The molecule has 1 aliphatic carbocycles. The minimum absolute atomic E-state index is 0.235. The Hall–Kier alpha value is -0.850. The van der Waals surface area contributed by atoms with Crippen molar-refractivity contribution in [2.24, 2.45) is 0 Å². The number of hydrogen-bond acceptors (Lipinski definition) is 5. The molecule has 1 saturated carbocycles. The first-order chi connectivity index (χ1) is 10.8. The molecular formula is C17H35N3O3. The van der Waals surface area contributed by atoms with Gasteiger partial charge >= 0.3 is 6.09 Å². The van der Waals surface area contributed by atoms with Gasteiger partial charge in [0.15, 0.2) is 0 Å². The van der Waals surface area contributed by atoms with E-state index in [1.807, 2.05) is 34.9 Å². The van der Waals surface area contributed by atoms with Crippen LogP contribution in [0.25, 0.3) is 0 Å². The lowest BCUT2D eigenvalue weighted by molar-refractivity contribution is 0.0489. The van der Waals surface area contributed by atoms with Crippen molar-refractivity contribution < 1.29 is 14.3 Å². The molecule has 2 N–H and O–H groups in total. The van der Waals surface area contributed by atoms with Crippen LogP contribution in [0.2, 0.25) is 0 Å². The Morgan fingerprint density at radius 2 is 1.70 bits per heavy atom. The van der Waals surface area contributed by atoms with Gasteiger partial charge in [-0.3, -0.25) is 0 Å². The largest absolute Gasteiger partial charge is 0.444 e. The van der Waals surface area contributed by atoms with E-state index in [1.54, 1.807) is 0 Å². The summed E-state index contributed by atoms with van der Waals surface area (Å²) in [4.78, 5) is 13.9. The first-order valence-electron chi connectivity index (χ1n) is 8.71. The Labute approximate surface area is 141 Å². The Bertz CT molecular complexity index is 334. The third kappa shape index (κ3) is 10.5. The van der Waals surface area contributed by atoms with Crippen molar-refractivity contribution >= 4 is 6.09 Å². The summed E-state index contributed by atoms with van der Waals surface area (Å²) in [6.45, 7) is 9.03. The monoisotopic (exact) mass is 329 g/mol. The van der Waals surface area contributed by atoms with Gasteiger partial charge in [-0.2, -0.15) is 0 Å². The predicted molar refractivity (Wildman–Crippen MR) is 92.8 cm³/mol. The fourth-order valence-electron chi connectivity index (χ4n) is 2.60. The quantitative estimate of drug-likeness (QED) is 0.667. The second-order valence-corrected chi connectivity index (χ2v) is 7.56. The molecule has 6 heteroatoms. The van der Waals surface area contributed by atoms with Crippen molar-refractivity contribution in [3.63, 3.8) is 0 Å². The van der Waals surface area contributed by atoms with Crippen LogP contribution in [0.15, 0.2) is 0 Å². The molecule has 0 saturated heterocycles. The van der Waals surface area contributed by atoms with E-state index in [2.05, 4.69) is 15.5 Å². The van der Waals surface area contributed by atoms with Crippen molar-refractivity contribution in [3.05, 3.63) is 0 Å². The van der Waals surface area contributed by atoms with Crippen molar-refractivity contribution in [3.8, 4) is 0 Å². The van der Waals surface area contributed by atoms with Crippen molar-refractivity contribution in [2.45, 2.75) is 64.1 Å². The highest BCUT2D eigenvalue weighted by atomic mass is 16.6. The summed E-state index contributed by atoms with van der Waals surface area (Å²) in [6.07, 6.45) is 3.86. The zero-order valence-corrected chi connectivity index (χ0v) is 15.5. The van der Waals surface area contributed by atoms with Gasteiger partial charge in [0, 0.05) is 25.2 Å². The minimum atomic E-state index is -0.435. The number of rotatable bonds is 8. The first kappa shape index (κ1) is 20.2. The molecule has 1 amide bonds. The maximum absolute atomic E-state index is 11.8. The summed E-state index contributed by atoms with van der Waals surface area (Å²) in [5.41, 5.74) is -0.435. The number of carbonyl (C=O) groups is 1. The highest BCUT2D eigenvalue weighted by Gasteiger charge is 2.24. The van der Waals surface area contributed by atoms with Crippen LogP contribution in [0.3, 0.4) is 0 Å². The molecule has 0 atom stereocenters. The lowest BCUT2D eigenvalue weighted by Gasteiger charge is -2.30. The molecule has 136 valence electrons. The van der Waals surface area contributed by atoms with E-state index in [1.165, 1.54) is 0 Å². The van der Waals surface area contributed by atoms with Crippen molar-refractivity contribution in [1.82, 2.24) is 15.5 Å². The molecule has 0 bridgehead atoms. The zero-order valence-electron chi connectivity index (χ0n) is 15.5. The van der Waals surface area contributed by atoms with E-state index in [9.17, 15) is 4.79 Å². The third-order valence-corrected chi connectivity index (χ3v) is 3.81. The second kappa shape index (κ2) is 10.1. The zero-order chi connectivity index (χ0) is 17.3. The van der Waals surface area contributed by atoms with E-state index >= 15 is 0 Å². The highest BCUT2D eigenvalue weighted by molar-refractivity contribution is 5.68. The third-order valence-electron chi connectivity index (χ3n) is 3.81. The second-order valence-electron chi connectivity index (χ2n) is 7.56. The Balaban J connectivity index is 2.06. The first-order valence-corrected chi connectivity index (χ1v) is 8.71. The van der Waals surface area contributed by atoms with Crippen LogP contribution in [0.4, 0.5) is 4.79 Å². The van der Waals surface area contributed by atoms with Crippen LogP contribution in [0.5, 0.6) is 0 Å². The van der Waals surface area contributed by atoms with E-state index in [-0.39, 0.29) is 12.1 Å². The normalized spacial score (nSPS) is 22.2. The molecule has 0 aromatic heterocycles. The fourth-order valence-corrected chi connectivity index (χ4v) is 2.60. The number of hydrogen-bond donors (Lipinski definition) is 2. The molecular weight excluding hydrogens is 294 g/mol. The Kier molecular flexibility index (Phi) is 8.87. The van der Waals surface area contributed by atoms with E-state index in [0.717, 1.165) is 52.0 Å². The number of nitrogens with zero attached hydrogens (tertiary/aromatic N) is 1. The van der Waals surface area contributed by atoms with Gasteiger partial charge in [0.1, 0.15) is 5.60 Å². The molecule has 0 aromatic carbocycles. The molecule has 0 unspecified atom stereocenters. The molecule has 0 aromatic rings. The smallest absolute Gasteiger partial charge is 0.407 e. The number of alkyl carbamates (subject to hydrolysis) is 1. The van der Waals surface area contributed by atoms with Gasteiger partial charge in [0.05, 0.1) is 13.2 Å². The summed E-state index contributed by atoms with van der Waals surface area (Å²) in [7, 11) is 4.09. The number of likely N-dealkylation sites (N-methyl/N-ethyl adjacent to an activating group) is 1. The predicted octanol–water partition coefficient (Wildman–Crippen LogP) is 1.99. The molecule has 0 radical (unpaired) electrons. The standard InChI is InChI=1S/C17H35N3O3/c1-17(2,3)23-16(21)19-15-8-6-14(7-9-15)18-10-12-22-13-11-20(4)5/h14-15,18H,6-13H2,1-5H3,(H,19,21). The number of amides is 1. The SMILES string of the molecule is CN(C)CCOCCNC1CCC(NC(=O)OC(C)(C)C)CC1. The van der Waals surface area contributed by atoms with E-state index in [0.29, 0.717) is 6.04 Å². The molecule has 0 heterocycles. The maximum Gasteiger partial charge on any atom is 0.407 e. The van der Waals surface area contributed by atoms with Crippen LogP contribution in [0, 0.1) is 0 Å². The number of carbonyl (C=O) groups excluding carboxylic acids is 1. The van der Waals surface area contributed by atoms with Crippen LogP contribution in [0.1, 0.15) is 46.5 Å². The van der Waals surface area contributed by atoms with Crippen LogP contribution in [-0.2, 0) is 9.47 Å². The summed E-state index contributed by atoms with van der Waals surface area (Å²) < 4.78 is 10.9. The lowest BCUT2D eigenvalue weighted by atomic mass is 9.91. The van der Waals surface area contributed by atoms with Gasteiger partial charge in [-0.1, -0.05) is 0 Å². The van der Waals surface area contributed by atoms with Crippen LogP contribution < -0.4 is 10.6 Å². The van der Waals surface area contributed by atoms with Gasteiger partial charge in [0.2, 0.25) is 0 Å². The number of nitrogens with one attached hydrogen (secondary N) is 2. The number of ether oxygens (including phenoxy) is 2. The summed E-state index contributed by atoms with van der Waals surface area (Å²) in [5, 5.41) is 6.51. The highest BCUT2D eigenvalue weighted by Crippen LogP contribution is 2.19. The Morgan fingerprint density at radius 3 is 2.26 bits per heavy atom. The van der Waals surface area contributed by atoms with Crippen LogP contribution in [-0.4, -0.2) is 69.1 Å². The molecule has 0 spiro atoms. The topological polar surface area (TPSA) is 62.8 Å². The van der Waals surface area contributed by atoms with Gasteiger partial charge in [0.25, 0.3) is 0 Å². The van der Waals surface area contributed by atoms with Gasteiger partial charge in [-0.05, 0) is 60.5 Å². The van der Waals surface area contributed by atoms with E-state index in [4.69, 9.17) is 9.47 Å². The average molecular weight is 329 g/mol. The van der Waals surface area contributed by atoms with Gasteiger partial charge in [-0.25, -0.2) is 4.79 Å². The average Bonchev–Trinajstić information content (AvgIpc) is 2.42. The van der Waals surface area contributed by atoms with Crippen molar-refractivity contribution in [1.29, 1.82) is 0 Å². The minimum Gasteiger partial charge on any atom is -0.444 e. The lowest BCUT2D eigenvalue weighted by Crippen LogP contribution is -2.44. The molecule has 0 aliphatic heterocycles. The summed E-state index contributed by atoms with van der Waals surface area (Å²) in [5.74, 6) is 0. The fraction of sp³-hybridized carbons (Fsp3) is 0.941. The maximum atomic E-state index is 11.8. The van der Waals surface area contributed by atoms with Gasteiger partial charge < -0.3 is 25.0 Å². The molecule has 1 fully saturated rings.